The minimum absolute atomic E-state index is 0.0321. The Bertz CT molecular complexity index is 313. The summed E-state index contributed by atoms with van der Waals surface area (Å²) >= 11 is 0. The summed E-state index contributed by atoms with van der Waals surface area (Å²) in [6.07, 6.45) is 10.8. The van der Waals surface area contributed by atoms with Crippen molar-refractivity contribution in [2.24, 2.45) is 0 Å². The highest BCUT2D eigenvalue weighted by atomic mass is 14.7. The third-order valence-electron chi connectivity index (χ3n) is 2.83. The predicted octanol–water partition coefficient (Wildman–Crippen LogP) is 4.40. The quantitative estimate of drug-likeness (QED) is 0.487. The van der Waals surface area contributed by atoms with E-state index in [0.717, 1.165) is 18.4 Å². The van der Waals surface area contributed by atoms with Crippen LogP contribution in [0.2, 0.25) is 0 Å². The summed E-state index contributed by atoms with van der Waals surface area (Å²) in [5, 5.41) is 0. The molecule has 16 heavy (non-hydrogen) atoms. The molecule has 86 valence electrons. The third-order valence-corrected chi connectivity index (χ3v) is 2.83. The van der Waals surface area contributed by atoms with Gasteiger partial charge in [-0.25, -0.2) is 6.57 Å². The maximum absolute atomic E-state index is 7.22. The van der Waals surface area contributed by atoms with Gasteiger partial charge in [0, 0.05) is 24.4 Å². The molecule has 0 N–H and O–H groups in total. The van der Waals surface area contributed by atoms with Crippen molar-refractivity contribution in [2.75, 3.05) is 0 Å². The Labute approximate surface area is 98.5 Å². The van der Waals surface area contributed by atoms with E-state index in [1.807, 2.05) is 12.1 Å². The molecule has 0 saturated carbocycles. The van der Waals surface area contributed by atoms with E-state index < -0.39 is 0 Å². The second-order valence-electron chi connectivity index (χ2n) is 4.13. The summed E-state index contributed by atoms with van der Waals surface area (Å²) in [6.45, 7) is 9.44. The third kappa shape index (κ3) is 4.44. The van der Waals surface area contributed by atoms with E-state index in [9.17, 15) is 0 Å². The minimum atomic E-state index is 0.0321. The molecule has 1 atom stereocenters. The smallest absolute Gasteiger partial charge is 0.248 e. The second-order valence-corrected chi connectivity index (χ2v) is 4.13. The maximum atomic E-state index is 7.22. The zero-order chi connectivity index (χ0) is 11.6. The fourth-order valence-corrected chi connectivity index (χ4v) is 1.83. The number of hydrogen-bond donors (Lipinski definition) is 0. The molecule has 1 aromatic rings. The van der Waals surface area contributed by atoms with Crippen molar-refractivity contribution in [2.45, 2.75) is 51.5 Å². The molecule has 2 heteroatoms. The molecule has 0 amide bonds. The summed E-state index contributed by atoms with van der Waals surface area (Å²) in [4.78, 5) is 7.68. The molecule has 0 aromatic carbocycles. The molecule has 0 fully saturated rings. The molecule has 0 saturated heterocycles. The Morgan fingerprint density at radius 1 is 1.19 bits per heavy atom. The lowest BCUT2D eigenvalue weighted by molar-refractivity contribution is 0.585. The van der Waals surface area contributed by atoms with Crippen molar-refractivity contribution < 1.29 is 0 Å². The van der Waals surface area contributed by atoms with E-state index in [1.165, 1.54) is 25.7 Å². The lowest BCUT2D eigenvalue weighted by Crippen LogP contribution is -1.93. The van der Waals surface area contributed by atoms with Gasteiger partial charge in [-0.2, -0.15) is 0 Å². The van der Waals surface area contributed by atoms with Crippen molar-refractivity contribution >= 4 is 0 Å². The Morgan fingerprint density at radius 2 is 1.88 bits per heavy atom. The largest absolute Gasteiger partial charge is 0.308 e. The molecular weight excluding hydrogens is 196 g/mol. The Kier molecular flexibility index (Phi) is 6.25. The van der Waals surface area contributed by atoms with Crippen molar-refractivity contribution in [3.8, 4) is 0 Å². The summed E-state index contributed by atoms with van der Waals surface area (Å²) in [7, 11) is 0. The number of nitrogens with zero attached hydrogens (tertiary/aromatic N) is 2. The van der Waals surface area contributed by atoms with E-state index in [2.05, 4.69) is 16.8 Å². The molecule has 0 aliphatic carbocycles. The van der Waals surface area contributed by atoms with E-state index in [-0.39, 0.29) is 6.04 Å². The van der Waals surface area contributed by atoms with Crippen LogP contribution < -0.4 is 0 Å². The Balaban J connectivity index is 2.31. The highest BCUT2D eigenvalue weighted by molar-refractivity contribution is 5.17. The van der Waals surface area contributed by atoms with Crippen molar-refractivity contribution in [3.63, 3.8) is 0 Å². The van der Waals surface area contributed by atoms with Gasteiger partial charge in [-0.1, -0.05) is 32.6 Å². The number of unbranched alkanes of at least 4 members (excludes halogenated alkanes) is 4. The van der Waals surface area contributed by atoms with Gasteiger partial charge in [0.15, 0.2) is 0 Å². The zero-order valence-electron chi connectivity index (χ0n) is 10.0. The van der Waals surface area contributed by atoms with Gasteiger partial charge in [0.2, 0.25) is 6.04 Å². The minimum Gasteiger partial charge on any atom is -0.308 e. The van der Waals surface area contributed by atoms with E-state index in [4.69, 9.17) is 6.57 Å². The molecular formula is C14H20N2. The maximum Gasteiger partial charge on any atom is 0.248 e. The van der Waals surface area contributed by atoms with Crippen LogP contribution in [0.5, 0.6) is 0 Å². The highest BCUT2D eigenvalue weighted by Crippen LogP contribution is 2.23. The number of rotatable bonds is 7. The molecule has 0 aliphatic heterocycles. The van der Waals surface area contributed by atoms with Crippen LogP contribution >= 0.6 is 0 Å². The first-order valence-corrected chi connectivity index (χ1v) is 6.15. The first kappa shape index (κ1) is 12.7. The van der Waals surface area contributed by atoms with Crippen LogP contribution in [0.15, 0.2) is 24.5 Å². The normalized spacial score (nSPS) is 12.0. The van der Waals surface area contributed by atoms with Crippen LogP contribution in [0.1, 0.15) is 57.1 Å². The van der Waals surface area contributed by atoms with Gasteiger partial charge in [0.25, 0.3) is 0 Å². The van der Waals surface area contributed by atoms with Crippen LogP contribution in [0, 0.1) is 6.57 Å². The van der Waals surface area contributed by atoms with Gasteiger partial charge in [0.1, 0.15) is 0 Å². The predicted molar refractivity (Wildman–Crippen MR) is 67.0 cm³/mol. The van der Waals surface area contributed by atoms with Crippen molar-refractivity contribution in [3.05, 3.63) is 41.5 Å². The van der Waals surface area contributed by atoms with Crippen LogP contribution in [0.25, 0.3) is 4.85 Å². The average Bonchev–Trinajstić information content (AvgIpc) is 2.35. The number of pyridine rings is 1. The summed E-state index contributed by atoms with van der Waals surface area (Å²) < 4.78 is 0. The van der Waals surface area contributed by atoms with Gasteiger partial charge >= 0.3 is 0 Å². The van der Waals surface area contributed by atoms with Gasteiger partial charge in [-0.15, -0.1) is 0 Å². The Hall–Kier alpha value is -1.36. The van der Waals surface area contributed by atoms with E-state index in [1.54, 1.807) is 12.4 Å². The summed E-state index contributed by atoms with van der Waals surface area (Å²) in [6, 6.07) is 3.94. The van der Waals surface area contributed by atoms with E-state index >= 15 is 0 Å². The monoisotopic (exact) mass is 216 g/mol. The van der Waals surface area contributed by atoms with Crippen LogP contribution in [0.4, 0.5) is 0 Å². The van der Waals surface area contributed by atoms with Crippen LogP contribution in [-0.2, 0) is 0 Å². The van der Waals surface area contributed by atoms with Gasteiger partial charge < -0.3 is 4.85 Å². The van der Waals surface area contributed by atoms with Gasteiger partial charge in [0.05, 0.1) is 0 Å². The number of aromatic nitrogens is 1. The zero-order valence-corrected chi connectivity index (χ0v) is 10.0. The molecule has 0 radical (unpaired) electrons. The fourth-order valence-electron chi connectivity index (χ4n) is 1.83. The van der Waals surface area contributed by atoms with Gasteiger partial charge in [-0.3, -0.25) is 4.98 Å². The average molecular weight is 216 g/mol. The molecule has 1 aromatic heterocycles. The van der Waals surface area contributed by atoms with Crippen molar-refractivity contribution in [1.82, 2.24) is 4.98 Å². The molecule has 1 rings (SSSR count). The van der Waals surface area contributed by atoms with Gasteiger partial charge in [-0.05, 0) is 18.6 Å². The van der Waals surface area contributed by atoms with Crippen LogP contribution in [-0.4, -0.2) is 4.98 Å². The highest BCUT2D eigenvalue weighted by Gasteiger charge is 2.14. The molecule has 1 unspecified atom stereocenters. The standard InChI is InChI=1S/C14H20N2/c1-3-4-5-6-7-8-14(15-2)13-9-11-16-12-10-13/h9-12,14H,3-8H2,1H3. The summed E-state index contributed by atoms with van der Waals surface area (Å²) in [5.41, 5.74) is 1.11. The Morgan fingerprint density at radius 3 is 2.50 bits per heavy atom. The first-order chi connectivity index (χ1) is 7.88. The SMILES string of the molecule is [C-]#[N+]C(CCCCCCC)c1ccncc1. The van der Waals surface area contributed by atoms with E-state index in [0.29, 0.717) is 0 Å². The second kappa shape index (κ2) is 7.87. The molecule has 0 bridgehead atoms. The molecule has 0 spiro atoms. The molecule has 2 nitrogen and oxygen atoms in total. The molecule has 0 aliphatic rings. The van der Waals surface area contributed by atoms with Crippen molar-refractivity contribution in [1.29, 1.82) is 0 Å². The number of hydrogen-bond acceptors (Lipinski definition) is 1. The summed E-state index contributed by atoms with van der Waals surface area (Å²) in [5.74, 6) is 0. The van der Waals surface area contributed by atoms with Crippen LogP contribution in [0.3, 0.4) is 0 Å². The molecule has 1 heterocycles. The topological polar surface area (TPSA) is 17.2 Å². The fraction of sp³-hybridized carbons (Fsp3) is 0.571. The first-order valence-electron chi connectivity index (χ1n) is 6.15. The lowest BCUT2D eigenvalue weighted by atomic mass is 10.0. The lowest BCUT2D eigenvalue weighted by Gasteiger charge is -2.05.